The van der Waals surface area contributed by atoms with Crippen LogP contribution < -0.4 is 10.6 Å². The molecular weight excluding hydrogens is 236 g/mol. The van der Waals surface area contributed by atoms with Gasteiger partial charge in [0.05, 0.1) is 11.6 Å². The van der Waals surface area contributed by atoms with Gasteiger partial charge in [-0.05, 0) is 44.1 Å². The van der Waals surface area contributed by atoms with Crippen LogP contribution in [0.25, 0.3) is 0 Å². The Morgan fingerprint density at radius 2 is 1.95 bits per heavy atom. The van der Waals surface area contributed by atoms with E-state index < -0.39 is 0 Å². The Labute approximate surface area is 115 Å². The third kappa shape index (κ3) is 3.95. The summed E-state index contributed by atoms with van der Waals surface area (Å²) in [4.78, 5) is 4.86. The molecule has 0 unspecified atom stereocenters. The first-order chi connectivity index (χ1) is 9.33. The van der Waals surface area contributed by atoms with Gasteiger partial charge in [0.25, 0.3) is 0 Å². The minimum atomic E-state index is 0.739. The van der Waals surface area contributed by atoms with Crippen LogP contribution in [0.2, 0.25) is 0 Å². The summed E-state index contributed by atoms with van der Waals surface area (Å²) in [7, 11) is 0. The molecule has 102 valence electrons. The molecule has 4 nitrogen and oxygen atoms in total. The zero-order chi connectivity index (χ0) is 13.5. The minimum absolute atomic E-state index is 0.739. The van der Waals surface area contributed by atoms with Crippen LogP contribution in [0.4, 0.5) is 5.69 Å². The first kappa shape index (κ1) is 13.9. The molecule has 0 bridgehead atoms. The molecule has 2 rings (SSSR count). The summed E-state index contributed by atoms with van der Waals surface area (Å²) in [5.74, 6) is 0. The van der Waals surface area contributed by atoms with Crippen LogP contribution in [-0.4, -0.2) is 44.2 Å². The molecule has 4 heteroatoms. The molecule has 0 atom stereocenters. The predicted molar refractivity (Wildman–Crippen MR) is 78.1 cm³/mol. The average molecular weight is 258 g/mol. The number of rotatable bonds is 5. The number of hydrogen-bond acceptors (Lipinski definition) is 4. The fourth-order valence-electron chi connectivity index (χ4n) is 2.48. The van der Waals surface area contributed by atoms with Crippen molar-refractivity contribution >= 4 is 5.69 Å². The van der Waals surface area contributed by atoms with Gasteiger partial charge in [-0.1, -0.05) is 6.07 Å². The lowest BCUT2D eigenvalue weighted by Gasteiger charge is -2.36. The van der Waals surface area contributed by atoms with Gasteiger partial charge in [-0.3, -0.25) is 4.90 Å². The first-order valence-electron chi connectivity index (χ1n) is 7.01. The van der Waals surface area contributed by atoms with Crippen molar-refractivity contribution < 1.29 is 0 Å². The van der Waals surface area contributed by atoms with Crippen LogP contribution in [0.1, 0.15) is 18.4 Å². The molecule has 1 aromatic carbocycles. The summed E-state index contributed by atoms with van der Waals surface area (Å²) in [6.45, 7) is 6.22. The fourth-order valence-corrected chi connectivity index (χ4v) is 2.48. The largest absolute Gasteiger partial charge is 0.369 e. The summed E-state index contributed by atoms with van der Waals surface area (Å²) < 4.78 is 0. The van der Waals surface area contributed by atoms with Crippen LogP contribution in [0, 0.1) is 11.3 Å². The van der Waals surface area contributed by atoms with Gasteiger partial charge in [-0.25, -0.2) is 0 Å². The standard InChI is InChI=1S/C15H22N4/c16-6-1-2-7-18-8-10-19(11-9-18)15-5-3-4-14(12-15)13-17/h3-5,12H,1-2,6-11,16H2. The van der Waals surface area contributed by atoms with E-state index in [0.29, 0.717) is 0 Å². The molecule has 1 fully saturated rings. The third-order valence-corrected chi connectivity index (χ3v) is 3.64. The first-order valence-corrected chi connectivity index (χ1v) is 7.01. The van der Waals surface area contributed by atoms with Crippen LogP contribution in [0.3, 0.4) is 0 Å². The lowest BCUT2D eigenvalue weighted by molar-refractivity contribution is 0.253. The van der Waals surface area contributed by atoms with Crippen LogP contribution >= 0.6 is 0 Å². The zero-order valence-corrected chi connectivity index (χ0v) is 11.4. The van der Waals surface area contributed by atoms with E-state index in [2.05, 4.69) is 21.9 Å². The number of piperazine rings is 1. The molecular formula is C15H22N4. The van der Waals surface area contributed by atoms with Gasteiger partial charge >= 0.3 is 0 Å². The Balaban J connectivity index is 1.84. The second-order valence-electron chi connectivity index (χ2n) is 4.99. The van der Waals surface area contributed by atoms with Gasteiger partial charge < -0.3 is 10.6 Å². The molecule has 1 heterocycles. The number of nitrogens with two attached hydrogens (primary N) is 1. The number of nitriles is 1. The van der Waals surface area contributed by atoms with Crippen LogP contribution in [-0.2, 0) is 0 Å². The van der Waals surface area contributed by atoms with E-state index in [-0.39, 0.29) is 0 Å². The van der Waals surface area contributed by atoms with Crippen LogP contribution in [0.15, 0.2) is 24.3 Å². The second-order valence-corrected chi connectivity index (χ2v) is 4.99. The molecule has 0 amide bonds. The monoisotopic (exact) mass is 258 g/mol. The van der Waals surface area contributed by atoms with E-state index in [1.165, 1.54) is 12.1 Å². The molecule has 1 aliphatic heterocycles. The fraction of sp³-hybridized carbons (Fsp3) is 0.533. The van der Waals surface area contributed by atoms with Crippen molar-refractivity contribution in [2.75, 3.05) is 44.2 Å². The van der Waals surface area contributed by atoms with Crippen molar-refractivity contribution in [3.8, 4) is 6.07 Å². The quantitative estimate of drug-likeness (QED) is 0.812. The average Bonchev–Trinajstić information content (AvgIpc) is 2.48. The molecule has 1 saturated heterocycles. The van der Waals surface area contributed by atoms with Crippen molar-refractivity contribution in [3.63, 3.8) is 0 Å². The Morgan fingerprint density at radius 3 is 2.63 bits per heavy atom. The zero-order valence-electron chi connectivity index (χ0n) is 11.4. The lowest BCUT2D eigenvalue weighted by atomic mass is 10.2. The molecule has 0 aliphatic carbocycles. The minimum Gasteiger partial charge on any atom is -0.369 e. The highest BCUT2D eigenvalue weighted by molar-refractivity contribution is 5.51. The topological polar surface area (TPSA) is 56.3 Å². The highest BCUT2D eigenvalue weighted by Crippen LogP contribution is 2.17. The smallest absolute Gasteiger partial charge is 0.0992 e. The maximum absolute atomic E-state index is 8.94. The maximum atomic E-state index is 8.94. The van der Waals surface area contributed by atoms with Gasteiger partial charge in [-0.2, -0.15) is 5.26 Å². The third-order valence-electron chi connectivity index (χ3n) is 3.64. The van der Waals surface area contributed by atoms with Gasteiger partial charge in [0, 0.05) is 31.9 Å². The number of unbranched alkanes of at least 4 members (excludes halogenated alkanes) is 1. The van der Waals surface area contributed by atoms with Crippen molar-refractivity contribution in [2.24, 2.45) is 5.73 Å². The summed E-state index contributed by atoms with van der Waals surface area (Å²) >= 11 is 0. The number of hydrogen-bond donors (Lipinski definition) is 1. The highest BCUT2D eigenvalue weighted by Gasteiger charge is 2.16. The Hall–Kier alpha value is -1.57. The van der Waals surface area contributed by atoms with E-state index in [4.69, 9.17) is 11.0 Å². The molecule has 0 aromatic heterocycles. The van der Waals surface area contributed by atoms with Crippen molar-refractivity contribution in [2.45, 2.75) is 12.8 Å². The van der Waals surface area contributed by atoms with Gasteiger partial charge in [0.1, 0.15) is 0 Å². The van der Waals surface area contributed by atoms with E-state index in [1.54, 1.807) is 0 Å². The second kappa shape index (κ2) is 7.13. The molecule has 0 radical (unpaired) electrons. The van der Waals surface area contributed by atoms with Crippen molar-refractivity contribution in [1.29, 1.82) is 5.26 Å². The van der Waals surface area contributed by atoms with Crippen LogP contribution in [0.5, 0.6) is 0 Å². The summed E-state index contributed by atoms with van der Waals surface area (Å²) in [6, 6.07) is 10.1. The Morgan fingerprint density at radius 1 is 1.16 bits per heavy atom. The van der Waals surface area contributed by atoms with E-state index in [0.717, 1.165) is 51.3 Å². The van der Waals surface area contributed by atoms with E-state index in [9.17, 15) is 0 Å². The lowest BCUT2D eigenvalue weighted by Crippen LogP contribution is -2.46. The van der Waals surface area contributed by atoms with Gasteiger partial charge in [-0.15, -0.1) is 0 Å². The normalized spacial score (nSPS) is 16.3. The highest BCUT2D eigenvalue weighted by atomic mass is 15.3. The molecule has 19 heavy (non-hydrogen) atoms. The number of nitrogens with zero attached hydrogens (tertiary/aromatic N) is 3. The Kier molecular flexibility index (Phi) is 5.20. The SMILES string of the molecule is N#Cc1cccc(N2CCN(CCCCN)CC2)c1. The molecule has 0 saturated carbocycles. The molecule has 2 N–H and O–H groups in total. The summed E-state index contributed by atoms with van der Waals surface area (Å²) in [5, 5.41) is 8.94. The van der Waals surface area contributed by atoms with Gasteiger partial charge in [0.15, 0.2) is 0 Å². The number of anilines is 1. The van der Waals surface area contributed by atoms with E-state index in [1.807, 2.05) is 18.2 Å². The molecule has 0 spiro atoms. The number of benzene rings is 1. The van der Waals surface area contributed by atoms with Gasteiger partial charge in [0.2, 0.25) is 0 Å². The van der Waals surface area contributed by atoms with E-state index >= 15 is 0 Å². The van der Waals surface area contributed by atoms with Crippen molar-refractivity contribution in [3.05, 3.63) is 29.8 Å². The Bertz CT molecular complexity index is 430. The predicted octanol–water partition coefficient (Wildman–Crippen LogP) is 1.42. The molecule has 1 aromatic rings. The summed E-state index contributed by atoms with van der Waals surface area (Å²) in [5.41, 5.74) is 7.42. The van der Waals surface area contributed by atoms with Crippen molar-refractivity contribution in [1.82, 2.24) is 4.90 Å². The maximum Gasteiger partial charge on any atom is 0.0992 e. The summed E-state index contributed by atoms with van der Waals surface area (Å²) in [6.07, 6.45) is 2.31. The molecule has 1 aliphatic rings.